The molecule has 315 valence electrons. The second kappa shape index (κ2) is 18.5. The molecule has 4 aromatic rings. The van der Waals surface area contributed by atoms with E-state index >= 15 is 0 Å². The van der Waals surface area contributed by atoms with Crippen molar-refractivity contribution in [2.75, 3.05) is 23.9 Å². The van der Waals surface area contributed by atoms with Crippen LogP contribution in [0.1, 0.15) is 77.4 Å². The Balaban J connectivity index is 1.39. The lowest BCUT2D eigenvalue weighted by atomic mass is 9.81. The summed E-state index contributed by atoms with van der Waals surface area (Å²) < 4.78 is 104. The van der Waals surface area contributed by atoms with Crippen LogP contribution in [0.3, 0.4) is 0 Å². The highest BCUT2D eigenvalue weighted by molar-refractivity contribution is 7.80. The number of carbonyl (C=O) groups is 2. The first-order valence-electron chi connectivity index (χ1n) is 18.7. The van der Waals surface area contributed by atoms with Gasteiger partial charge < -0.3 is 28.9 Å². The number of carbonyl (C=O) groups excluding carboxylic acids is 2. The van der Waals surface area contributed by atoms with Gasteiger partial charge in [-0.1, -0.05) is 63.3 Å². The molecule has 59 heavy (non-hydrogen) atoms. The van der Waals surface area contributed by atoms with Crippen molar-refractivity contribution in [1.82, 2.24) is 0 Å². The second-order valence-corrected chi connectivity index (χ2v) is 17.9. The molecular formula is C43H45F6N2O6SSi. The van der Waals surface area contributed by atoms with E-state index < -0.39 is 62.8 Å². The maximum atomic E-state index is 13.9. The number of amides is 1. The summed E-state index contributed by atoms with van der Waals surface area (Å²) in [6.07, 6.45) is -9.25. The lowest BCUT2D eigenvalue weighted by molar-refractivity contribution is -0.143. The molecule has 1 heterocycles. The third-order valence-electron chi connectivity index (χ3n) is 9.53. The molecule has 1 N–H and O–H groups in total. The van der Waals surface area contributed by atoms with Crippen LogP contribution >= 0.6 is 12.2 Å². The minimum absolute atomic E-state index is 0.00727. The lowest BCUT2D eigenvalue weighted by Crippen LogP contribution is -2.41. The molecule has 8 nitrogen and oxygen atoms in total. The van der Waals surface area contributed by atoms with Crippen LogP contribution in [-0.4, -0.2) is 45.7 Å². The highest BCUT2D eigenvalue weighted by atomic mass is 32.1. The Morgan fingerprint density at radius 3 is 2.10 bits per heavy atom. The summed E-state index contributed by atoms with van der Waals surface area (Å²) in [4.78, 5) is 28.8. The van der Waals surface area contributed by atoms with Crippen molar-refractivity contribution in [3.8, 4) is 11.5 Å². The Morgan fingerprint density at radius 1 is 0.847 bits per heavy atom. The summed E-state index contributed by atoms with van der Waals surface area (Å²) in [5, 5.41) is 3.24. The fraction of sp³-hybridized carbons (Fsp3) is 0.372. The van der Waals surface area contributed by atoms with Crippen molar-refractivity contribution in [2.24, 2.45) is 0 Å². The summed E-state index contributed by atoms with van der Waals surface area (Å²) in [7, 11) is 0.226. The summed E-state index contributed by atoms with van der Waals surface area (Å²) >= 11 is 5.78. The number of ether oxygens (including phenoxy) is 3. The van der Waals surface area contributed by atoms with E-state index in [0.29, 0.717) is 52.7 Å². The average Bonchev–Trinajstić information content (AvgIpc) is 3.54. The monoisotopic (exact) mass is 859 g/mol. The van der Waals surface area contributed by atoms with Crippen LogP contribution in [0.5, 0.6) is 11.5 Å². The molecule has 1 unspecified atom stereocenters. The minimum Gasteiger partial charge on any atom is -0.489 e. The maximum absolute atomic E-state index is 13.9. The zero-order valence-electron chi connectivity index (χ0n) is 33.4. The van der Waals surface area contributed by atoms with Crippen molar-refractivity contribution in [2.45, 2.75) is 90.2 Å². The van der Waals surface area contributed by atoms with Gasteiger partial charge in [-0.2, -0.15) is 26.3 Å². The lowest BCUT2D eigenvalue weighted by Gasteiger charge is -2.27. The predicted octanol–water partition coefficient (Wildman–Crippen LogP) is 10.7. The van der Waals surface area contributed by atoms with Crippen LogP contribution in [0, 0.1) is 0 Å². The molecule has 0 aromatic heterocycles. The second-order valence-electron chi connectivity index (χ2n) is 15.3. The number of methoxy groups -OCH3 is 1. The topological polar surface area (TPSA) is 86.3 Å². The maximum Gasteiger partial charge on any atom is 0.416 e. The third kappa shape index (κ3) is 11.8. The van der Waals surface area contributed by atoms with Crippen LogP contribution in [0.25, 0.3) is 0 Å². The molecule has 1 aliphatic rings. The van der Waals surface area contributed by atoms with E-state index in [1.807, 2.05) is 70.3 Å². The number of benzene rings is 4. The van der Waals surface area contributed by atoms with E-state index in [1.54, 1.807) is 24.3 Å². The zero-order valence-corrected chi connectivity index (χ0v) is 35.2. The van der Waals surface area contributed by atoms with Gasteiger partial charge >= 0.3 is 18.3 Å². The number of thiocarbonyl (C=S) groups is 1. The molecule has 1 radical (unpaired) electrons. The van der Waals surface area contributed by atoms with Gasteiger partial charge in [0.15, 0.2) is 6.61 Å². The molecule has 5 rings (SSSR count). The van der Waals surface area contributed by atoms with Gasteiger partial charge in [0.2, 0.25) is 9.04 Å². The number of rotatable bonds is 14. The van der Waals surface area contributed by atoms with Crippen LogP contribution in [0.15, 0.2) is 78.9 Å². The van der Waals surface area contributed by atoms with Crippen molar-refractivity contribution >= 4 is 49.5 Å². The SMILES string of the molecule is COC(=O)c1cc(NC(=S)CCC2Cc3cc(OCc4ccccc4)ccc3N2C(=O)COc2cc(C(F)(F)F)cc(C(F)(F)F)c2)cc(C(C)(C)C)c1CO[Si](C)C. The Kier molecular flexibility index (Phi) is 14.2. The number of nitrogens with zero attached hydrogens (tertiary/aromatic N) is 1. The molecule has 1 atom stereocenters. The number of esters is 1. The number of halogens is 6. The third-order valence-corrected chi connectivity index (χ3v) is 10.6. The fourth-order valence-electron chi connectivity index (χ4n) is 6.72. The van der Waals surface area contributed by atoms with Crippen molar-refractivity contribution in [3.05, 3.63) is 118 Å². The highest BCUT2D eigenvalue weighted by Crippen LogP contribution is 2.40. The quantitative estimate of drug-likeness (QED) is 0.0581. The molecule has 4 aromatic carbocycles. The number of fused-ring (bicyclic) bond motifs is 1. The smallest absolute Gasteiger partial charge is 0.416 e. The highest BCUT2D eigenvalue weighted by Gasteiger charge is 2.38. The van der Waals surface area contributed by atoms with E-state index in [1.165, 1.54) is 12.0 Å². The Morgan fingerprint density at radius 2 is 1.51 bits per heavy atom. The van der Waals surface area contributed by atoms with Gasteiger partial charge in [0.25, 0.3) is 5.91 Å². The van der Waals surface area contributed by atoms with E-state index in [9.17, 15) is 35.9 Å². The van der Waals surface area contributed by atoms with Gasteiger partial charge in [0, 0.05) is 23.8 Å². The molecule has 0 fully saturated rings. The molecule has 0 saturated carbocycles. The largest absolute Gasteiger partial charge is 0.489 e. The molecule has 1 amide bonds. The van der Waals surface area contributed by atoms with Gasteiger partial charge in [-0.15, -0.1) is 0 Å². The van der Waals surface area contributed by atoms with Crippen molar-refractivity contribution in [3.63, 3.8) is 0 Å². The van der Waals surface area contributed by atoms with Crippen molar-refractivity contribution in [1.29, 1.82) is 0 Å². The van der Waals surface area contributed by atoms with Crippen LogP contribution in [0.4, 0.5) is 37.7 Å². The van der Waals surface area contributed by atoms with Gasteiger partial charge in [-0.3, -0.25) is 4.79 Å². The minimum atomic E-state index is -5.09. The molecule has 0 saturated heterocycles. The van der Waals surface area contributed by atoms with Crippen molar-refractivity contribution < 1.29 is 54.6 Å². The first kappa shape index (κ1) is 45.2. The first-order valence-corrected chi connectivity index (χ1v) is 21.5. The van der Waals surface area contributed by atoms with Crippen LogP contribution in [0.2, 0.25) is 13.1 Å². The fourth-order valence-corrected chi connectivity index (χ4v) is 7.39. The number of hydrogen-bond acceptors (Lipinski definition) is 7. The van der Waals surface area contributed by atoms with E-state index in [2.05, 4.69) is 5.32 Å². The van der Waals surface area contributed by atoms with Crippen LogP contribution < -0.4 is 19.7 Å². The van der Waals surface area contributed by atoms with Gasteiger partial charge in [-0.25, -0.2) is 4.79 Å². The predicted molar refractivity (Wildman–Crippen MR) is 218 cm³/mol. The number of anilines is 2. The average molecular weight is 860 g/mol. The van der Waals surface area contributed by atoms with E-state index in [4.69, 9.17) is 30.9 Å². The van der Waals surface area contributed by atoms with Gasteiger partial charge in [0.1, 0.15) is 18.1 Å². The van der Waals surface area contributed by atoms with Gasteiger partial charge in [-0.05, 0) is 102 Å². The molecule has 0 bridgehead atoms. The number of hydrogen-bond donors (Lipinski definition) is 1. The molecule has 0 spiro atoms. The normalized spacial score (nSPS) is 14.3. The van der Waals surface area contributed by atoms with E-state index in [-0.39, 0.29) is 31.1 Å². The Hall–Kier alpha value is -4.93. The molecule has 0 aliphatic carbocycles. The number of alkyl halides is 6. The first-order chi connectivity index (χ1) is 27.6. The Bertz CT molecular complexity index is 2130. The summed E-state index contributed by atoms with van der Waals surface area (Å²) in [6, 6.07) is 18.6. The molecular weight excluding hydrogens is 815 g/mol. The molecule has 1 aliphatic heterocycles. The van der Waals surface area contributed by atoms with E-state index in [0.717, 1.165) is 22.3 Å². The van der Waals surface area contributed by atoms with Gasteiger partial charge in [0.05, 0.1) is 35.4 Å². The molecule has 16 heteroatoms. The number of nitrogens with one attached hydrogen (secondary N) is 1. The standard InChI is InChI=1S/C43H45F6N2O6SSi/c1-41(2,3)36-22-30(21-34(40(53)54-4)35(36)24-57-59(5)6)50-38(58)15-12-31-16-27-17-32(55-23-26-10-8-7-9-11-26)13-14-37(27)51(31)39(52)25-56-33-19-28(42(44,45)46)18-29(20-33)43(47,48)49/h7-11,13-14,17-22,31H,12,15-16,23-25H2,1-6H3,(H,50,58). The summed E-state index contributed by atoms with van der Waals surface area (Å²) in [5.41, 5.74) is 1.15. The summed E-state index contributed by atoms with van der Waals surface area (Å²) in [5.74, 6) is -1.43. The summed E-state index contributed by atoms with van der Waals surface area (Å²) in [6.45, 7) is 9.74. The Labute approximate surface area is 346 Å². The zero-order chi connectivity index (χ0) is 43.3. The van der Waals surface area contributed by atoms with Crippen LogP contribution in [-0.2, 0) is 51.4 Å².